The van der Waals surface area contributed by atoms with Crippen molar-refractivity contribution in [2.75, 3.05) is 7.11 Å². The number of H-pyrrole nitrogens is 1. The smallest absolute Gasteiger partial charge is 0.176 e. The van der Waals surface area contributed by atoms with Crippen LogP contribution in [0.1, 0.15) is 5.82 Å². The summed E-state index contributed by atoms with van der Waals surface area (Å²) >= 11 is 6.14. The van der Waals surface area contributed by atoms with Crippen LogP contribution in [-0.4, -0.2) is 57.7 Å². The van der Waals surface area contributed by atoms with Crippen LogP contribution in [0.4, 0.5) is 5.69 Å². The first-order valence-electron chi connectivity index (χ1n) is 8.18. The summed E-state index contributed by atoms with van der Waals surface area (Å²) < 4.78 is 8.52. The van der Waals surface area contributed by atoms with Gasteiger partial charge in [0.05, 0.1) is 5.69 Å². The number of fused-ring (bicyclic) bond motifs is 3. The predicted octanol–water partition coefficient (Wildman–Crippen LogP) is 1.73. The second kappa shape index (κ2) is 8.06. The Morgan fingerprint density at radius 3 is 2.86 bits per heavy atom. The minimum Gasteiger partial charge on any atom is -0.377 e. The summed E-state index contributed by atoms with van der Waals surface area (Å²) in [7, 11) is 1.61. The zero-order valence-corrected chi connectivity index (χ0v) is 15.5. The summed E-state index contributed by atoms with van der Waals surface area (Å²) in [5.74, 6) is 2.00. The topological polar surface area (TPSA) is 125 Å². The lowest BCUT2D eigenvalue weighted by Gasteiger charge is -2.04. The van der Waals surface area contributed by atoms with Gasteiger partial charge in [0.2, 0.25) is 0 Å². The molecule has 1 N–H and O–H groups in total. The highest BCUT2D eigenvalue weighted by Gasteiger charge is 2.21. The van der Waals surface area contributed by atoms with Gasteiger partial charge in [0.15, 0.2) is 17.5 Å². The molecule has 0 bridgehead atoms. The van der Waals surface area contributed by atoms with Crippen LogP contribution in [0.25, 0.3) is 11.4 Å². The molecule has 0 radical (unpaired) electrons. The fourth-order valence-electron chi connectivity index (χ4n) is 2.61. The summed E-state index contributed by atoms with van der Waals surface area (Å²) in [4.78, 5) is 16.7. The van der Waals surface area contributed by atoms with E-state index < -0.39 is 0 Å². The third-order valence-electron chi connectivity index (χ3n) is 3.74. The van der Waals surface area contributed by atoms with Gasteiger partial charge < -0.3 is 4.74 Å². The van der Waals surface area contributed by atoms with E-state index in [2.05, 4.69) is 40.3 Å². The molecule has 1 aromatic carbocycles. The van der Waals surface area contributed by atoms with E-state index >= 15 is 0 Å². The molecule has 11 nitrogen and oxygen atoms in total. The van der Waals surface area contributed by atoms with Crippen molar-refractivity contribution in [2.45, 2.75) is 13.2 Å². The Bertz CT molecular complexity index is 1050. The number of rotatable bonds is 2. The molecule has 142 valence electrons. The number of nitrogens with one attached hydrogen (secondary N) is 1. The highest BCUT2D eigenvalue weighted by molar-refractivity contribution is 6.31. The molecule has 0 fully saturated rings. The molecular weight excluding hydrogens is 384 g/mol. The van der Waals surface area contributed by atoms with Crippen molar-refractivity contribution in [1.82, 2.24) is 44.7 Å². The Balaban J connectivity index is 0.000000336. The van der Waals surface area contributed by atoms with Gasteiger partial charge >= 0.3 is 0 Å². The van der Waals surface area contributed by atoms with E-state index in [9.17, 15) is 0 Å². The van der Waals surface area contributed by atoms with Crippen molar-refractivity contribution in [2.24, 2.45) is 4.99 Å². The van der Waals surface area contributed by atoms with Gasteiger partial charge in [0.1, 0.15) is 38.5 Å². The Hall–Kier alpha value is -3.44. The first-order valence-corrected chi connectivity index (χ1v) is 8.56. The number of aromatic nitrogens is 9. The Labute approximate surface area is 164 Å². The van der Waals surface area contributed by atoms with E-state index in [1.165, 1.54) is 19.0 Å². The third-order valence-corrected chi connectivity index (χ3v) is 3.98. The molecule has 4 heterocycles. The summed E-state index contributed by atoms with van der Waals surface area (Å²) in [5, 5.41) is 15.2. The van der Waals surface area contributed by atoms with Gasteiger partial charge in [-0.15, -0.1) is 0 Å². The normalized spacial score (nSPS) is 12.3. The molecule has 0 saturated heterocycles. The maximum atomic E-state index is 6.14. The average Bonchev–Trinajstić information content (AvgIpc) is 3.46. The van der Waals surface area contributed by atoms with Gasteiger partial charge in [-0.05, 0) is 18.2 Å². The van der Waals surface area contributed by atoms with Gasteiger partial charge in [-0.2, -0.15) is 15.3 Å². The lowest BCUT2D eigenvalue weighted by molar-refractivity contribution is 0.177. The zero-order valence-electron chi connectivity index (χ0n) is 14.8. The van der Waals surface area contributed by atoms with Crippen molar-refractivity contribution < 1.29 is 4.74 Å². The third kappa shape index (κ3) is 3.80. The molecule has 3 aromatic heterocycles. The molecule has 12 heteroatoms. The number of halogens is 1. The molecule has 0 atom stereocenters. The number of ether oxygens (including phenoxy) is 1. The molecule has 1 aliphatic heterocycles. The summed E-state index contributed by atoms with van der Waals surface area (Å²) in [6.07, 6.45) is 6.03. The first-order chi connectivity index (χ1) is 13.7. The number of hydrogen-bond donors (Lipinski definition) is 1. The maximum Gasteiger partial charge on any atom is 0.176 e. The average molecular weight is 399 g/mol. The van der Waals surface area contributed by atoms with Crippen molar-refractivity contribution in [3.05, 3.63) is 54.4 Å². The summed E-state index contributed by atoms with van der Waals surface area (Å²) in [6.45, 7) is 0.757. The Morgan fingerprint density at radius 1 is 1.25 bits per heavy atom. The van der Waals surface area contributed by atoms with Crippen LogP contribution in [0.3, 0.4) is 0 Å². The molecule has 5 rings (SSSR count). The second-order valence-electron chi connectivity index (χ2n) is 5.62. The summed E-state index contributed by atoms with van der Waals surface area (Å²) in [6, 6.07) is 5.49. The molecule has 0 amide bonds. The fourth-order valence-corrected chi connectivity index (χ4v) is 2.79. The number of nitrogens with zero attached hydrogens (tertiary/aromatic N) is 9. The SMILES string of the molecule is COCc1nc2n(n1)CC(n1cncn1)=Nc1ccc(Cl)cc1-2.c1nc[nH]n1. The van der Waals surface area contributed by atoms with Crippen molar-refractivity contribution in [3.63, 3.8) is 0 Å². The largest absolute Gasteiger partial charge is 0.377 e. The van der Waals surface area contributed by atoms with Gasteiger partial charge in [-0.1, -0.05) is 11.6 Å². The minimum absolute atomic E-state index is 0.339. The molecule has 0 spiro atoms. The lowest BCUT2D eigenvalue weighted by Crippen LogP contribution is -2.20. The molecule has 0 saturated carbocycles. The number of aliphatic imine (C=N–C) groups is 1. The van der Waals surface area contributed by atoms with Gasteiger partial charge in [-0.25, -0.2) is 29.3 Å². The highest BCUT2D eigenvalue weighted by Crippen LogP contribution is 2.34. The molecule has 0 aliphatic carbocycles. The van der Waals surface area contributed by atoms with Crippen LogP contribution in [0.5, 0.6) is 0 Å². The second-order valence-corrected chi connectivity index (χ2v) is 6.06. The fraction of sp³-hybridized carbons (Fsp3) is 0.188. The van der Waals surface area contributed by atoms with E-state index in [-0.39, 0.29) is 0 Å². The maximum absolute atomic E-state index is 6.14. The van der Waals surface area contributed by atoms with E-state index in [0.29, 0.717) is 35.7 Å². The van der Waals surface area contributed by atoms with Gasteiger partial charge in [0.25, 0.3) is 0 Å². The first kappa shape index (κ1) is 17.9. The standard InChI is InChI=1S/C14H12ClN7O.C2H3N3/c1-23-6-12-19-14-10-4-9(15)2-3-11(10)18-13(5-21(14)20-12)22-8-16-7-17-22;1-3-2-5-4-1/h2-4,7-8H,5-6H2,1H3;1-2H,(H,3,4,5). The van der Waals surface area contributed by atoms with E-state index in [1.807, 2.05) is 12.1 Å². The molecule has 4 aromatic rings. The van der Waals surface area contributed by atoms with Crippen LogP contribution in [0.2, 0.25) is 5.02 Å². The monoisotopic (exact) mass is 398 g/mol. The number of benzene rings is 1. The van der Waals surface area contributed by atoms with Crippen LogP contribution >= 0.6 is 11.6 Å². The van der Waals surface area contributed by atoms with Crippen LogP contribution in [0.15, 0.2) is 48.5 Å². The van der Waals surface area contributed by atoms with E-state index in [4.69, 9.17) is 16.3 Å². The number of hydrogen-bond acceptors (Lipinski definition) is 8. The Morgan fingerprint density at radius 2 is 2.18 bits per heavy atom. The van der Waals surface area contributed by atoms with Crippen LogP contribution in [-0.2, 0) is 17.9 Å². The van der Waals surface area contributed by atoms with Crippen molar-refractivity contribution in [1.29, 1.82) is 0 Å². The molecule has 0 unspecified atom stereocenters. The molecular formula is C16H15ClN10O. The van der Waals surface area contributed by atoms with Crippen molar-refractivity contribution in [3.8, 4) is 11.4 Å². The van der Waals surface area contributed by atoms with Gasteiger partial charge in [0, 0.05) is 17.7 Å². The van der Waals surface area contributed by atoms with Crippen molar-refractivity contribution >= 4 is 23.1 Å². The molecule has 28 heavy (non-hydrogen) atoms. The van der Waals surface area contributed by atoms with Crippen LogP contribution in [0, 0.1) is 0 Å². The molecule has 1 aliphatic rings. The minimum atomic E-state index is 0.339. The Kier molecular flexibility index (Phi) is 5.17. The van der Waals surface area contributed by atoms with E-state index in [1.54, 1.807) is 28.9 Å². The van der Waals surface area contributed by atoms with Crippen LogP contribution < -0.4 is 0 Å². The van der Waals surface area contributed by atoms with E-state index in [0.717, 1.165) is 11.3 Å². The zero-order chi connectivity index (χ0) is 19.3. The number of aromatic amines is 1. The summed E-state index contributed by atoms with van der Waals surface area (Å²) in [5.41, 5.74) is 1.58. The quantitative estimate of drug-likeness (QED) is 0.545. The lowest BCUT2D eigenvalue weighted by atomic mass is 10.1. The van der Waals surface area contributed by atoms with Gasteiger partial charge in [-0.3, -0.25) is 5.10 Å². The highest BCUT2D eigenvalue weighted by atomic mass is 35.5. The number of methoxy groups -OCH3 is 1. The predicted molar refractivity (Wildman–Crippen MR) is 100 cm³/mol.